The van der Waals surface area contributed by atoms with Gasteiger partial charge in [-0.1, -0.05) is 33.6 Å². The van der Waals surface area contributed by atoms with E-state index in [-0.39, 0.29) is 23.8 Å². The number of carbonyl (C=O) groups excluding carboxylic acids is 2. The van der Waals surface area contributed by atoms with Gasteiger partial charge in [0.1, 0.15) is 6.04 Å². The van der Waals surface area contributed by atoms with E-state index >= 15 is 0 Å². The molecule has 0 radical (unpaired) electrons. The molecular weight excluding hydrogens is 252 g/mol. The van der Waals surface area contributed by atoms with E-state index in [1.807, 2.05) is 13.8 Å². The maximum atomic E-state index is 12.6. The summed E-state index contributed by atoms with van der Waals surface area (Å²) in [6.45, 7) is 7.04. The number of carbonyl (C=O) groups is 2. The lowest BCUT2D eigenvalue weighted by molar-refractivity contribution is -0.139. The molecule has 0 aromatic carbocycles. The van der Waals surface area contributed by atoms with Gasteiger partial charge < -0.3 is 10.2 Å². The summed E-state index contributed by atoms with van der Waals surface area (Å²) in [6, 6.07) is 0.00689. The van der Waals surface area contributed by atoms with Crippen molar-refractivity contribution in [3.63, 3.8) is 0 Å². The molecular formula is C16H28N2O2. The largest absolute Gasteiger partial charge is 0.352 e. The van der Waals surface area contributed by atoms with Crippen molar-refractivity contribution in [2.24, 2.45) is 11.8 Å². The number of amides is 2. The maximum absolute atomic E-state index is 12.6. The van der Waals surface area contributed by atoms with Crippen molar-refractivity contribution in [3.05, 3.63) is 0 Å². The minimum absolute atomic E-state index is 0.0503. The molecule has 0 spiro atoms. The molecule has 2 fully saturated rings. The molecule has 0 bridgehead atoms. The molecule has 1 saturated heterocycles. The Labute approximate surface area is 122 Å². The second-order valence-electron chi connectivity index (χ2n) is 6.86. The van der Waals surface area contributed by atoms with Crippen LogP contribution in [0.3, 0.4) is 0 Å². The molecule has 0 aromatic heterocycles. The van der Waals surface area contributed by atoms with Crippen molar-refractivity contribution < 1.29 is 9.59 Å². The number of likely N-dealkylation sites (tertiary alicyclic amines) is 1. The molecule has 4 nitrogen and oxygen atoms in total. The maximum Gasteiger partial charge on any atom is 0.243 e. The van der Waals surface area contributed by atoms with Gasteiger partial charge in [-0.2, -0.15) is 0 Å². The summed E-state index contributed by atoms with van der Waals surface area (Å²) >= 11 is 0. The highest BCUT2D eigenvalue weighted by atomic mass is 16.2. The second-order valence-corrected chi connectivity index (χ2v) is 6.86. The number of hydrogen-bond acceptors (Lipinski definition) is 2. The van der Waals surface area contributed by atoms with Crippen molar-refractivity contribution in [3.8, 4) is 0 Å². The Hall–Kier alpha value is -1.06. The summed E-state index contributed by atoms with van der Waals surface area (Å²) < 4.78 is 0. The highest BCUT2D eigenvalue weighted by Gasteiger charge is 2.35. The summed E-state index contributed by atoms with van der Waals surface area (Å²) in [6.07, 6.45) is 6.10. The van der Waals surface area contributed by atoms with Crippen LogP contribution in [0.5, 0.6) is 0 Å². The van der Waals surface area contributed by atoms with E-state index in [0.717, 1.165) is 25.8 Å². The Bertz CT molecular complexity index is 367. The fourth-order valence-electron chi connectivity index (χ4n) is 3.62. The molecule has 0 aromatic rings. The van der Waals surface area contributed by atoms with Crippen LogP contribution in [0.25, 0.3) is 0 Å². The van der Waals surface area contributed by atoms with Gasteiger partial charge in [0.2, 0.25) is 11.8 Å². The average molecular weight is 280 g/mol. The Morgan fingerprint density at radius 2 is 2.05 bits per heavy atom. The van der Waals surface area contributed by atoms with E-state index in [4.69, 9.17) is 0 Å². The van der Waals surface area contributed by atoms with Gasteiger partial charge in [-0.05, 0) is 31.1 Å². The van der Waals surface area contributed by atoms with Crippen molar-refractivity contribution >= 4 is 11.8 Å². The van der Waals surface area contributed by atoms with E-state index in [1.54, 1.807) is 4.90 Å². The normalized spacial score (nSPS) is 28.8. The van der Waals surface area contributed by atoms with Gasteiger partial charge in [-0.15, -0.1) is 0 Å². The summed E-state index contributed by atoms with van der Waals surface area (Å²) in [5.41, 5.74) is 0. The fourth-order valence-corrected chi connectivity index (χ4v) is 3.62. The molecule has 0 unspecified atom stereocenters. The molecule has 2 aliphatic rings. The molecule has 3 atom stereocenters. The molecule has 1 aliphatic heterocycles. The van der Waals surface area contributed by atoms with Gasteiger partial charge in [-0.25, -0.2) is 0 Å². The molecule has 2 rings (SSSR count). The Morgan fingerprint density at radius 3 is 2.60 bits per heavy atom. The highest BCUT2D eigenvalue weighted by Crippen LogP contribution is 2.25. The fraction of sp³-hybridized carbons (Fsp3) is 0.875. The van der Waals surface area contributed by atoms with Gasteiger partial charge in [0.15, 0.2) is 0 Å². The van der Waals surface area contributed by atoms with Gasteiger partial charge in [0.05, 0.1) is 0 Å². The molecule has 2 amide bonds. The molecule has 1 heterocycles. The number of nitrogens with one attached hydrogen (secondary N) is 1. The van der Waals surface area contributed by atoms with Crippen LogP contribution >= 0.6 is 0 Å². The molecule has 1 saturated carbocycles. The van der Waals surface area contributed by atoms with Crippen molar-refractivity contribution in [1.29, 1.82) is 0 Å². The van der Waals surface area contributed by atoms with E-state index in [1.165, 1.54) is 12.8 Å². The third kappa shape index (κ3) is 3.53. The average Bonchev–Trinajstić information content (AvgIpc) is 2.75. The van der Waals surface area contributed by atoms with Crippen LogP contribution in [0.15, 0.2) is 0 Å². The lowest BCUT2D eigenvalue weighted by Crippen LogP contribution is -2.53. The van der Waals surface area contributed by atoms with Gasteiger partial charge in [0, 0.05) is 19.0 Å². The molecule has 1 aliphatic carbocycles. The third-order valence-electron chi connectivity index (χ3n) is 4.63. The van der Waals surface area contributed by atoms with Crippen LogP contribution in [-0.4, -0.2) is 35.3 Å². The third-order valence-corrected chi connectivity index (χ3v) is 4.63. The SMILES string of the molecule is CC(C)[C@H](C(=O)N[C@H]1CCC[C@@H](C)C1)N1CCCC1=O. The van der Waals surface area contributed by atoms with Crippen molar-refractivity contribution in [2.45, 2.75) is 71.4 Å². The van der Waals surface area contributed by atoms with Gasteiger partial charge >= 0.3 is 0 Å². The minimum Gasteiger partial charge on any atom is -0.352 e. The van der Waals surface area contributed by atoms with Crippen LogP contribution in [0, 0.1) is 11.8 Å². The first-order chi connectivity index (χ1) is 9.49. The molecule has 4 heteroatoms. The predicted molar refractivity (Wildman–Crippen MR) is 79.1 cm³/mol. The molecule has 1 N–H and O–H groups in total. The highest BCUT2D eigenvalue weighted by molar-refractivity contribution is 5.88. The van der Waals surface area contributed by atoms with Crippen LogP contribution in [0.2, 0.25) is 0 Å². The Kier molecular flexibility index (Phi) is 5.06. The van der Waals surface area contributed by atoms with Gasteiger partial charge in [0.25, 0.3) is 0 Å². The standard InChI is InChI=1S/C16H28N2O2/c1-11(2)15(18-9-5-8-14(18)19)16(20)17-13-7-4-6-12(3)10-13/h11-13,15H,4-10H2,1-3H3,(H,17,20)/t12-,13+,15-/m1/s1. The smallest absolute Gasteiger partial charge is 0.243 e. The number of rotatable bonds is 4. The molecule has 114 valence electrons. The quantitative estimate of drug-likeness (QED) is 0.859. The van der Waals surface area contributed by atoms with E-state index in [2.05, 4.69) is 12.2 Å². The summed E-state index contributed by atoms with van der Waals surface area (Å²) in [5.74, 6) is 1.04. The lowest BCUT2D eigenvalue weighted by atomic mass is 9.86. The predicted octanol–water partition coefficient (Wildman–Crippen LogP) is 2.33. The zero-order chi connectivity index (χ0) is 14.7. The number of hydrogen-bond donors (Lipinski definition) is 1. The van der Waals surface area contributed by atoms with Crippen LogP contribution in [0.1, 0.15) is 59.3 Å². The van der Waals surface area contributed by atoms with Crippen LogP contribution < -0.4 is 5.32 Å². The first kappa shape index (κ1) is 15.3. The summed E-state index contributed by atoms with van der Waals surface area (Å²) in [5, 5.41) is 3.20. The Balaban J connectivity index is 1.98. The van der Waals surface area contributed by atoms with Crippen molar-refractivity contribution in [2.75, 3.05) is 6.54 Å². The first-order valence-corrected chi connectivity index (χ1v) is 8.09. The van der Waals surface area contributed by atoms with Crippen LogP contribution in [0.4, 0.5) is 0 Å². The van der Waals surface area contributed by atoms with E-state index < -0.39 is 0 Å². The minimum atomic E-state index is -0.290. The molecule has 20 heavy (non-hydrogen) atoms. The van der Waals surface area contributed by atoms with Crippen molar-refractivity contribution in [1.82, 2.24) is 10.2 Å². The summed E-state index contributed by atoms with van der Waals surface area (Å²) in [4.78, 5) is 26.3. The monoisotopic (exact) mass is 280 g/mol. The van der Waals surface area contributed by atoms with E-state index in [0.29, 0.717) is 18.4 Å². The zero-order valence-corrected chi connectivity index (χ0v) is 13.0. The topological polar surface area (TPSA) is 49.4 Å². The van der Waals surface area contributed by atoms with Gasteiger partial charge in [-0.3, -0.25) is 9.59 Å². The van der Waals surface area contributed by atoms with Crippen LogP contribution in [-0.2, 0) is 9.59 Å². The number of nitrogens with zero attached hydrogens (tertiary/aromatic N) is 1. The van der Waals surface area contributed by atoms with E-state index in [9.17, 15) is 9.59 Å². The zero-order valence-electron chi connectivity index (χ0n) is 13.0. The lowest BCUT2D eigenvalue weighted by Gasteiger charge is -2.33. The Morgan fingerprint density at radius 1 is 1.30 bits per heavy atom. The second kappa shape index (κ2) is 6.59. The first-order valence-electron chi connectivity index (χ1n) is 8.09. The summed E-state index contributed by atoms with van der Waals surface area (Å²) in [7, 11) is 0.